The van der Waals surface area contributed by atoms with Crippen molar-refractivity contribution < 1.29 is 13.6 Å². The Morgan fingerprint density at radius 3 is 2.09 bits per heavy atom. The second-order valence-electron chi connectivity index (χ2n) is 5.49. The summed E-state index contributed by atoms with van der Waals surface area (Å²) in [6, 6.07) is 15.9. The van der Waals surface area contributed by atoms with Gasteiger partial charge in [0.1, 0.15) is 12.2 Å². The molecule has 0 aromatic heterocycles. The van der Waals surface area contributed by atoms with Crippen LogP contribution in [0.25, 0.3) is 0 Å². The molecular weight excluding hydrogens is 295 g/mol. The average molecular weight is 317 g/mol. The van der Waals surface area contributed by atoms with Crippen molar-refractivity contribution in [2.24, 2.45) is 0 Å². The lowest BCUT2D eigenvalue weighted by Gasteiger charge is -2.09. The molecule has 1 unspecified atom stereocenters. The quantitative estimate of drug-likeness (QED) is 0.630. The van der Waals surface area contributed by atoms with E-state index in [1.807, 2.05) is 76.2 Å². The molecular formula is C18H22O3P+. The second-order valence-corrected chi connectivity index (χ2v) is 6.36. The molecule has 3 atom stereocenters. The van der Waals surface area contributed by atoms with E-state index in [1.54, 1.807) is 0 Å². The third kappa shape index (κ3) is 4.48. The molecule has 0 heterocycles. The molecule has 2 aromatic carbocycles. The van der Waals surface area contributed by atoms with Crippen LogP contribution in [0.15, 0.2) is 48.5 Å². The van der Waals surface area contributed by atoms with Gasteiger partial charge in [-0.05, 0) is 44.4 Å². The molecule has 3 nitrogen and oxygen atoms in total. The van der Waals surface area contributed by atoms with E-state index in [0.29, 0.717) is 0 Å². The van der Waals surface area contributed by atoms with Gasteiger partial charge < -0.3 is 0 Å². The summed E-state index contributed by atoms with van der Waals surface area (Å²) in [6.45, 7) is 7.80. The Morgan fingerprint density at radius 1 is 0.864 bits per heavy atom. The molecule has 2 aromatic rings. The Kier molecular flexibility index (Phi) is 5.84. The molecule has 0 fully saturated rings. The lowest BCUT2D eigenvalue weighted by molar-refractivity contribution is 0.146. The van der Waals surface area contributed by atoms with Gasteiger partial charge >= 0.3 is 8.25 Å². The maximum Gasteiger partial charge on any atom is 0.698 e. The van der Waals surface area contributed by atoms with Gasteiger partial charge in [0.15, 0.2) is 0 Å². The van der Waals surface area contributed by atoms with Crippen LogP contribution in [-0.4, -0.2) is 0 Å². The Labute approximate surface area is 133 Å². The van der Waals surface area contributed by atoms with Crippen LogP contribution < -0.4 is 0 Å². The topological polar surface area (TPSA) is 35.5 Å². The van der Waals surface area contributed by atoms with E-state index < -0.39 is 8.25 Å². The highest BCUT2D eigenvalue weighted by atomic mass is 31.1. The minimum atomic E-state index is -2.18. The zero-order valence-electron chi connectivity index (χ0n) is 13.4. The summed E-state index contributed by atoms with van der Waals surface area (Å²) in [5, 5.41) is 0. The molecule has 4 heteroatoms. The van der Waals surface area contributed by atoms with Gasteiger partial charge in [-0.2, -0.15) is 0 Å². The molecule has 2 rings (SSSR count). The molecule has 0 saturated carbocycles. The Balaban J connectivity index is 1.95. The van der Waals surface area contributed by atoms with Crippen molar-refractivity contribution in [2.45, 2.75) is 39.9 Å². The van der Waals surface area contributed by atoms with Gasteiger partial charge in [0.25, 0.3) is 0 Å². The molecule has 0 aliphatic carbocycles. The van der Waals surface area contributed by atoms with Crippen molar-refractivity contribution in [1.29, 1.82) is 0 Å². The standard InChI is InChI=1S/C18H22O3P/c1-13-9-11-17(12-10-13)15(3)20-22(19)21-16(4)18-8-6-5-7-14(18)2/h5-12,15-16H,1-4H3/q+1/t15-,16-/m0/s1. The van der Waals surface area contributed by atoms with Crippen molar-refractivity contribution in [3.05, 3.63) is 70.8 Å². The highest BCUT2D eigenvalue weighted by molar-refractivity contribution is 7.33. The van der Waals surface area contributed by atoms with Crippen molar-refractivity contribution in [1.82, 2.24) is 0 Å². The van der Waals surface area contributed by atoms with E-state index in [-0.39, 0.29) is 12.2 Å². The Bertz CT molecular complexity index is 637. The zero-order chi connectivity index (χ0) is 16.1. The number of hydrogen-bond acceptors (Lipinski definition) is 3. The first-order valence-corrected chi connectivity index (χ1v) is 8.50. The van der Waals surface area contributed by atoms with E-state index >= 15 is 0 Å². The SMILES string of the molecule is Cc1ccc([C@H](C)O[P+](=O)O[C@@H](C)c2ccccc2C)cc1. The van der Waals surface area contributed by atoms with Gasteiger partial charge in [-0.15, -0.1) is 9.05 Å². The number of rotatable bonds is 6. The summed E-state index contributed by atoms with van der Waals surface area (Å²) in [7, 11) is -2.18. The third-order valence-corrected chi connectivity index (χ3v) is 4.64. The molecule has 0 amide bonds. The van der Waals surface area contributed by atoms with Crippen LogP contribution in [0.3, 0.4) is 0 Å². The highest BCUT2D eigenvalue weighted by Gasteiger charge is 2.29. The van der Waals surface area contributed by atoms with E-state index in [4.69, 9.17) is 9.05 Å². The summed E-state index contributed by atoms with van der Waals surface area (Å²) < 4.78 is 23.1. The van der Waals surface area contributed by atoms with Crippen LogP contribution >= 0.6 is 8.25 Å². The van der Waals surface area contributed by atoms with Gasteiger partial charge in [-0.25, -0.2) is 0 Å². The lowest BCUT2D eigenvalue weighted by atomic mass is 10.1. The molecule has 22 heavy (non-hydrogen) atoms. The predicted octanol–water partition coefficient (Wildman–Crippen LogP) is 5.82. The number of aryl methyl sites for hydroxylation is 2. The molecule has 0 saturated heterocycles. The first-order chi connectivity index (χ1) is 10.5. The van der Waals surface area contributed by atoms with E-state index in [0.717, 1.165) is 16.7 Å². The Hall–Kier alpha value is -1.54. The van der Waals surface area contributed by atoms with Crippen molar-refractivity contribution in [3.63, 3.8) is 0 Å². The maximum atomic E-state index is 12.1. The summed E-state index contributed by atoms with van der Waals surface area (Å²) in [5.41, 5.74) is 4.31. The van der Waals surface area contributed by atoms with Crippen LogP contribution in [0.5, 0.6) is 0 Å². The molecule has 0 radical (unpaired) electrons. The molecule has 0 N–H and O–H groups in total. The average Bonchev–Trinajstić information content (AvgIpc) is 2.48. The van der Waals surface area contributed by atoms with Crippen LogP contribution in [0.1, 0.15) is 48.3 Å². The Morgan fingerprint density at radius 2 is 1.45 bits per heavy atom. The van der Waals surface area contributed by atoms with Crippen molar-refractivity contribution >= 4 is 8.25 Å². The monoisotopic (exact) mass is 317 g/mol. The van der Waals surface area contributed by atoms with E-state index in [9.17, 15) is 4.57 Å². The fraction of sp³-hybridized carbons (Fsp3) is 0.333. The van der Waals surface area contributed by atoms with Gasteiger partial charge in [-0.3, -0.25) is 0 Å². The van der Waals surface area contributed by atoms with Gasteiger partial charge in [0, 0.05) is 4.57 Å². The summed E-state index contributed by atoms with van der Waals surface area (Å²) in [5.74, 6) is 0. The largest absolute Gasteiger partial charge is 0.698 e. The zero-order valence-corrected chi connectivity index (χ0v) is 14.3. The van der Waals surface area contributed by atoms with Crippen LogP contribution in [0, 0.1) is 13.8 Å². The van der Waals surface area contributed by atoms with Crippen molar-refractivity contribution in [2.75, 3.05) is 0 Å². The number of hydrogen-bond donors (Lipinski definition) is 0. The van der Waals surface area contributed by atoms with Crippen LogP contribution in [-0.2, 0) is 13.6 Å². The smallest absolute Gasteiger partial charge is 0.111 e. The van der Waals surface area contributed by atoms with E-state index in [1.165, 1.54) is 5.56 Å². The fourth-order valence-corrected chi connectivity index (χ4v) is 3.08. The first-order valence-electron chi connectivity index (χ1n) is 7.40. The second kappa shape index (κ2) is 7.64. The van der Waals surface area contributed by atoms with Crippen molar-refractivity contribution in [3.8, 4) is 0 Å². The minimum Gasteiger partial charge on any atom is -0.111 e. The van der Waals surface area contributed by atoms with Gasteiger partial charge in [0.05, 0.1) is 0 Å². The molecule has 0 spiro atoms. The summed E-state index contributed by atoms with van der Waals surface area (Å²) in [4.78, 5) is 0. The molecule has 0 bridgehead atoms. The first kappa shape index (κ1) is 16.8. The normalized spacial score (nSPS) is 14.5. The third-order valence-electron chi connectivity index (χ3n) is 3.66. The predicted molar refractivity (Wildman–Crippen MR) is 89.0 cm³/mol. The van der Waals surface area contributed by atoms with Crippen LogP contribution in [0.4, 0.5) is 0 Å². The maximum absolute atomic E-state index is 12.1. The van der Waals surface area contributed by atoms with E-state index in [2.05, 4.69) is 0 Å². The molecule has 0 aliphatic rings. The fourth-order valence-electron chi connectivity index (χ4n) is 2.28. The number of benzene rings is 2. The van der Waals surface area contributed by atoms with Gasteiger partial charge in [-0.1, -0.05) is 54.1 Å². The highest BCUT2D eigenvalue weighted by Crippen LogP contribution is 2.38. The minimum absolute atomic E-state index is 0.268. The molecule has 116 valence electrons. The lowest BCUT2D eigenvalue weighted by Crippen LogP contribution is -2.00. The van der Waals surface area contributed by atoms with Crippen LogP contribution in [0.2, 0.25) is 0 Å². The summed E-state index contributed by atoms with van der Waals surface area (Å²) in [6.07, 6.45) is -0.539. The molecule has 0 aliphatic heterocycles. The summed E-state index contributed by atoms with van der Waals surface area (Å²) >= 11 is 0. The van der Waals surface area contributed by atoms with Gasteiger partial charge in [0.2, 0.25) is 0 Å².